The Hall–Kier alpha value is -0.860. The van der Waals surface area contributed by atoms with Crippen LogP contribution in [0.3, 0.4) is 0 Å². The summed E-state index contributed by atoms with van der Waals surface area (Å²) >= 11 is 0. The SMILES string of the molecule is CCCCCC[N+]([O-])(CCCCCC)c1ccccc1. The van der Waals surface area contributed by atoms with E-state index >= 15 is 0 Å². The molecule has 114 valence electrons. The van der Waals surface area contributed by atoms with E-state index in [9.17, 15) is 5.21 Å². The average molecular weight is 277 g/mol. The molecule has 1 rings (SSSR count). The molecule has 0 fully saturated rings. The molecule has 0 bridgehead atoms. The van der Waals surface area contributed by atoms with E-state index in [4.69, 9.17) is 0 Å². The van der Waals surface area contributed by atoms with Crippen molar-refractivity contribution in [1.82, 2.24) is 4.65 Å². The van der Waals surface area contributed by atoms with Crippen LogP contribution >= 0.6 is 0 Å². The zero-order valence-corrected chi connectivity index (χ0v) is 13.3. The molecule has 0 atom stereocenters. The van der Waals surface area contributed by atoms with Gasteiger partial charge in [-0.2, -0.15) is 0 Å². The molecule has 1 aromatic carbocycles. The van der Waals surface area contributed by atoms with Crippen molar-refractivity contribution in [2.45, 2.75) is 65.2 Å². The van der Waals surface area contributed by atoms with Crippen LogP contribution < -0.4 is 4.65 Å². The molecule has 0 aliphatic heterocycles. The van der Waals surface area contributed by atoms with Crippen molar-refractivity contribution < 1.29 is 0 Å². The molecule has 0 radical (unpaired) electrons. The van der Waals surface area contributed by atoms with Crippen LogP contribution in [-0.4, -0.2) is 13.1 Å². The molecular formula is C18H31NO. The Balaban J connectivity index is 2.57. The lowest BCUT2D eigenvalue weighted by Gasteiger charge is -2.42. The number of para-hydroxylation sites is 1. The molecule has 0 heterocycles. The van der Waals surface area contributed by atoms with Crippen LogP contribution in [0.5, 0.6) is 0 Å². The summed E-state index contributed by atoms with van der Waals surface area (Å²) in [6.07, 6.45) is 9.37. The summed E-state index contributed by atoms with van der Waals surface area (Å²) in [4.78, 5) is 0. The summed E-state index contributed by atoms with van der Waals surface area (Å²) in [6.45, 7) is 5.88. The molecule has 0 saturated heterocycles. The molecule has 0 saturated carbocycles. The van der Waals surface area contributed by atoms with Crippen molar-refractivity contribution >= 4 is 5.69 Å². The Bertz CT molecular complexity index is 325. The fraction of sp³-hybridized carbons (Fsp3) is 0.667. The largest absolute Gasteiger partial charge is 0.627 e. The van der Waals surface area contributed by atoms with Gasteiger partial charge in [-0.1, -0.05) is 57.7 Å². The lowest BCUT2D eigenvalue weighted by molar-refractivity contribution is 0.346. The minimum atomic E-state index is -0.131. The summed E-state index contributed by atoms with van der Waals surface area (Å²) in [5.41, 5.74) is 0.931. The van der Waals surface area contributed by atoms with Crippen LogP contribution in [0, 0.1) is 5.21 Å². The molecule has 2 heteroatoms. The highest BCUT2D eigenvalue weighted by molar-refractivity contribution is 5.43. The van der Waals surface area contributed by atoms with Gasteiger partial charge >= 0.3 is 0 Å². The van der Waals surface area contributed by atoms with Crippen LogP contribution in [0.4, 0.5) is 5.69 Å². The number of quaternary nitrogens is 1. The fourth-order valence-corrected chi connectivity index (χ4v) is 2.66. The Labute approximate surface area is 125 Å². The van der Waals surface area contributed by atoms with Gasteiger partial charge in [0.1, 0.15) is 5.69 Å². The Kier molecular flexibility index (Phi) is 8.56. The Morgan fingerprint density at radius 2 is 1.25 bits per heavy atom. The number of rotatable bonds is 11. The van der Waals surface area contributed by atoms with Gasteiger partial charge in [0.15, 0.2) is 0 Å². The zero-order chi connectivity index (χ0) is 14.7. The lowest BCUT2D eigenvalue weighted by atomic mass is 10.1. The molecular weight excluding hydrogens is 246 g/mol. The number of nitrogens with zero attached hydrogens (tertiary/aromatic N) is 1. The van der Waals surface area contributed by atoms with E-state index in [1.165, 1.54) is 38.5 Å². The molecule has 0 aromatic heterocycles. The molecule has 0 spiro atoms. The summed E-state index contributed by atoms with van der Waals surface area (Å²) < 4.78 is -0.131. The maximum Gasteiger partial charge on any atom is 0.132 e. The normalized spacial score (nSPS) is 11.8. The zero-order valence-electron chi connectivity index (χ0n) is 13.3. The first-order valence-corrected chi connectivity index (χ1v) is 8.36. The minimum Gasteiger partial charge on any atom is -0.627 e. The van der Waals surface area contributed by atoms with Gasteiger partial charge < -0.3 is 9.85 Å². The van der Waals surface area contributed by atoms with Crippen LogP contribution in [0.15, 0.2) is 30.3 Å². The van der Waals surface area contributed by atoms with Crippen molar-refractivity contribution in [2.75, 3.05) is 13.1 Å². The fourth-order valence-electron chi connectivity index (χ4n) is 2.66. The van der Waals surface area contributed by atoms with Crippen molar-refractivity contribution in [2.24, 2.45) is 0 Å². The third-order valence-electron chi connectivity index (χ3n) is 3.97. The molecule has 0 aliphatic carbocycles. The molecule has 20 heavy (non-hydrogen) atoms. The Morgan fingerprint density at radius 1 is 0.750 bits per heavy atom. The van der Waals surface area contributed by atoms with Crippen LogP contribution in [0.1, 0.15) is 65.2 Å². The van der Waals surface area contributed by atoms with E-state index < -0.39 is 0 Å². The first-order chi connectivity index (χ1) is 9.73. The number of unbranched alkanes of at least 4 members (excludes halogenated alkanes) is 6. The second kappa shape index (κ2) is 9.95. The molecule has 2 nitrogen and oxygen atoms in total. The average Bonchev–Trinajstić information content (AvgIpc) is 2.49. The number of hydrogen-bond donors (Lipinski definition) is 0. The highest BCUT2D eigenvalue weighted by Gasteiger charge is 2.19. The third-order valence-corrected chi connectivity index (χ3v) is 3.97. The standard InChI is InChI=1S/C18H31NO/c1-3-5-7-12-16-19(20,17-13-8-6-4-2)18-14-10-9-11-15-18/h9-11,14-15H,3-8,12-13,16-17H2,1-2H3. The second-order valence-electron chi connectivity index (χ2n) is 5.79. The molecule has 0 N–H and O–H groups in total. The summed E-state index contributed by atoms with van der Waals surface area (Å²) in [6, 6.07) is 9.94. The van der Waals surface area contributed by atoms with Gasteiger partial charge in [0.25, 0.3) is 0 Å². The maximum atomic E-state index is 13.2. The quantitative estimate of drug-likeness (QED) is 0.291. The molecule has 0 aliphatic rings. The molecule has 1 aromatic rings. The van der Waals surface area contributed by atoms with Crippen LogP contribution in [-0.2, 0) is 0 Å². The number of hydroxylamine groups is 2. The van der Waals surface area contributed by atoms with Crippen molar-refractivity contribution in [3.8, 4) is 0 Å². The number of hydrogen-bond acceptors (Lipinski definition) is 1. The predicted octanol–water partition coefficient (Wildman–Crippen LogP) is 5.65. The lowest BCUT2D eigenvalue weighted by Crippen LogP contribution is -2.44. The highest BCUT2D eigenvalue weighted by atomic mass is 16.5. The van der Waals surface area contributed by atoms with E-state index in [1.54, 1.807) is 0 Å². The second-order valence-corrected chi connectivity index (χ2v) is 5.79. The van der Waals surface area contributed by atoms with Crippen molar-refractivity contribution in [3.63, 3.8) is 0 Å². The van der Waals surface area contributed by atoms with E-state index in [-0.39, 0.29) is 4.65 Å². The Morgan fingerprint density at radius 3 is 1.70 bits per heavy atom. The monoisotopic (exact) mass is 277 g/mol. The van der Waals surface area contributed by atoms with Gasteiger partial charge in [-0.3, -0.25) is 0 Å². The molecule has 0 amide bonds. The number of benzene rings is 1. The predicted molar refractivity (Wildman–Crippen MR) is 89.6 cm³/mol. The third kappa shape index (κ3) is 6.06. The minimum absolute atomic E-state index is 0.131. The van der Waals surface area contributed by atoms with E-state index in [2.05, 4.69) is 13.8 Å². The van der Waals surface area contributed by atoms with E-state index in [0.717, 1.165) is 31.6 Å². The van der Waals surface area contributed by atoms with Gasteiger partial charge in [0.2, 0.25) is 0 Å². The maximum absolute atomic E-state index is 13.2. The van der Waals surface area contributed by atoms with Gasteiger partial charge in [-0.25, -0.2) is 0 Å². The first kappa shape index (κ1) is 17.2. The molecule has 0 unspecified atom stereocenters. The summed E-state index contributed by atoms with van der Waals surface area (Å²) in [5.74, 6) is 0. The summed E-state index contributed by atoms with van der Waals surface area (Å²) in [5, 5.41) is 13.2. The van der Waals surface area contributed by atoms with Gasteiger partial charge in [0, 0.05) is 0 Å². The summed E-state index contributed by atoms with van der Waals surface area (Å²) in [7, 11) is 0. The van der Waals surface area contributed by atoms with Crippen molar-refractivity contribution in [1.29, 1.82) is 0 Å². The highest BCUT2D eigenvalue weighted by Crippen LogP contribution is 2.24. The topological polar surface area (TPSA) is 23.1 Å². The van der Waals surface area contributed by atoms with Crippen molar-refractivity contribution in [3.05, 3.63) is 35.5 Å². The smallest absolute Gasteiger partial charge is 0.132 e. The van der Waals surface area contributed by atoms with E-state index in [0.29, 0.717) is 0 Å². The van der Waals surface area contributed by atoms with E-state index in [1.807, 2.05) is 30.3 Å². The van der Waals surface area contributed by atoms with Gasteiger partial charge in [-0.15, -0.1) is 0 Å². The van der Waals surface area contributed by atoms with Crippen LogP contribution in [0.25, 0.3) is 0 Å². The van der Waals surface area contributed by atoms with Gasteiger partial charge in [-0.05, 0) is 37.8 Å². The first-order valence-electron chi connectivity index (χ1n) is 8.36. The van der Waals surface area contributed by atoms with Crippen LogP contribution in [0.2, 0.25) is 0 Å². The van der Waals surface area contributed by atoms with Gasteiger partial charge in [0.05, 0.1) is 13.1 Å².